The summed E-state index contributed by atoms with van der Waals surface area (Å²) >= 11 is 0. The molecule has 5 aromatic rings. The molecule has 1 N–H and O–H groups in total. The molecule has 2 saturated heterocycles. The SMILES string of the molecule is COc1cc2ncnc(Nc3ccc4c(cnn4Cc4cccc(C)c4)c3)c2cc1CC(=O)/C=C/CN1CC2OCCOC2C1. The van der Waals surface area contributed by atoms with Gasteiger partial charge >= 0.3 is 0 Å². The number of anilines is 2. The molecule has 2 aliphatic heterocycles. The van der Waals surface area contributed by atoms with Crippen LogP contribution < -0.4 is 10.1 Å². The largest absolute Gasteiger partial charge is 0.496 e. The zero-order valence-corrected chi connectivity index (χ0v) is 25.5. The second kappa shape index (κ2) is 12.8. The van der Waals surface area contributed by atoms with E-state index in [1.807, 2.05) is 35.2 Å². The Morgan fingerprint density at radius 3 is 2.71 bits per heavy atom. The van der Waals surface area contributed by atoms with Crippen molar-refractivity contribution < 1.29 is 19.0 Å². The van der Waals surface area contributed by atoms with Crippen LogP contribution in [0, 0.1) is 6.92 Å². The van der Waals surface area contributed by atoms with E-state index in [0.717, 1.165) is 46.1 Å². The summed E-state index contributed by atoms with van der Waals surface area (Å²) in [5, 5.41) is 9.92. The Bertz CT molecular complexity index is 1870. The number of allylic oxidation sites excluding steroid dienone is 1. The molecule has 2 aliphatic rings. The predicted molar refractivity (Wildman–Crippen MR) is 173 cm³/mol. The minimum Gasteiger partial charge on any atom is -0.496 e. The third-order valence-corrected chi connectivity index (χ3v) is 8.43. The maximum atomic E-state index is 13.0. The Hall–Kier alpha value is -4.64. The van der Waals surface area contributed by atoms with Crippen LogP contribution in [-0.2, 0) is 27.2 Å². The highest BCUT2D eigenvalue weighted by molar-refractivity contribution is 5.96. The number of ether oxygens (including phenoxy) is 3. The van der Waals surface area contributed by atoms with E-state index < -0.39 is 0 Å². The van der Waals surface area contributed by atoms with Gasteiger partial charge in [-0.25, -0.2) is 9.97 Å². The number of likely N-dealkylation sites (tertiary alicyclic amines) is 1. The average molecular weight is 605 g/mol. The number of hydrogen-bond donors (Lipinski definition) is 1. The molecular weight excluding hydrogens is 568 g/mol. The van der Waals surface area contributed by atoms with Crippen LogP contribution in [0.25, 0.3) is 21.8 Å². The van der Waals surface area contributed by atoms with Crippen molar-refractivity contribution in [3.63, 3.8) is 0 Å². The molecule has 2 unspecified atom stereocenters. The van der Waals surface area contributed by atoms with Crippen LogP contribution in [0.5, 0.6) is 5.75 Å². The van der Waals surface area contributed by atoms with Crippen LogP contribution in [0.3, 0.4) is 0 Å². The summed E-state index contributed by atoms with van der Waals surface area (Å²) in [6.45, 7) is 6.42. The van der Waals surface area contributed by atoms with Crippen LogP contribution in [0.2, 0.25) is 0 Å². The summed E-state index contributed by atoms with van der Waals surface area (Å²) in [7, 11) is 1.61. The number of aromatic nitrogens is 4. The molecule has 230 valence electrons. The number of nitrogens with one attached hydrogen (secondary N) is 1. The minimum atomic E-state index is -0.00347. The number of nitrogens with zero attached hydrogens (tertiary/aromatic N) is 5. The first-order valence-corrected chi connectivity index (χ1v) is 15.3. The fourth-order valence-electron chi connectivity index (χ4n) is 6.23. The van der Waals surface area contributed by atoms with Gasteiger partial charge < -0.3 is 19.5 Å². The lowest BCUT2D eigenvalue weighted by Gasteiger charge is -2.24. The van der Waals surface area contributed by atoms with Gasteiger partial charge in [0, 0.05) is 54.1 Å². The van der Waals surface area contributed by atoms with Gasteiger partial charge in [-0.1, -0.05) is 35.9 Å². The lowest BCUT2D eigenvalue weighted by atomic mass is 10.0. The molecule has 7 rings (SSSR count). The lowest BCUT2D eigenvalue weighted by Crippen LogP contribution is -2.36. The Morgan fingerprint density at radius 2 is 1.91 bits per heavy atom. The van der Waals surface area contributed by atoms with Crippen molar-refractivity contribution in [3.8, 4) is 5.75 Å². The van der Waals surface area contributed by atoms with Crippen LogP contribution >= 0.6 is 0 Å². The van der Waals surface area contributed by atoms with E-state index in [9.17, 15) is 4.79 Å². The third kappa shape index (κ3) is 6.44. The van der Waals surface area contributed by atoms with E-state index in [2.05, 4.69) is 68.6 Å². The third-order valence-electron chi connectivity index (χ3n) is 8.43. The molecule has 0 spiro atoms. The fourth-order valence-corrected chi connectivity index (χ4v) is 6.23. The van der Waals surface area contributed by atoms with Gasteiger partial charge in [0.2, 0.25) is 0 Å². The number of methoxy groups -OCH3 is 1. The van der Waals surface area contributed by atoms with E-state index >= 15 is 0 Å². The minimum absolute atomic E-state index is 0.00347. The molecule has 2 atom stereocenters. The molecule has 4 heterocycles. The van der Waals surface area contributed by atoms with Gasteiger partial charge in [0.1, 0.15) is 17.9 Å². The number of fused-ring (bicyclic) bond motifs is 3. The van der Waals surface area contributed by atoms with Gasteiger partial charge in [0.25, 0.3) is 0 Å². The molecule has 0 radical (unpaired) electrons. The lowest BCUT2D eigenvalue weighted by molar-refractivity contribution is -0.116. The van der Waals surface area contributed by atoms with Crippen molar-refractivity contribution in [2.75, 3.05) is 45.3 Å². The molecule has 0 amide bonds. The van der Waals surface area contributed by atoms with Gasteiger partial charge in [0.05, 0.1) is 56.3 Å². The molecule has 3 aromatic carbocycles. The summed E-state index contributed by atoms with van der Waals surface area (Å²) in [4.78, 5) is 24.3. The highest BCUT2D eigenvalue weighted by atomic mass is 16.6. The second-order valence-corrected chi connectivity index (χ2v) is 11.7. The number of aryl methyl sites for hydroxylation is 1. The summed E-state index contributed by atoms with van der Waals surface area (Å²) in [6.07, 6.45) is 7.44. The van der Waals surface area contributed by atoms with E-state index in [4.69, 9.17) is 14.2 Å². The average Bonchev–Trinajstić information content (AvgIpc) is 3.64. The summed E-state index contributed by atoms with van der Waals surface area (Å²) in [6, 6.07) is 18.4. The van der Waals surface area contributed by atoms with Crippen molar-refractivity contribution >= 4 is 39.1 Å². The predicted octanol–water partition coefficient (Wildman–Crippen LogP) is 4.86. The molecule has 10 heteroatoms. The first kappa shape index (κ1) is 29.1. The quantitative estimate of drug-likeness (QED) is 0.224. The van der Waals surface area contributed by atoms with Gasteiger partial charge in [-0.05, 0) is 42.8 Å². The first-order chi connectivity index (χ1) is 22.0. The smallest absolute Gasteiger partial charge is 0.159 e. The molecule has 0 saturated carbocycles. The zero-order valence-electron chi connectivity index (χ0n) is 25.5. The molecule has 0 bridgehead atoms. The van der Waals surface area contributed by atoms with Crippen molar-refractivity contribution in [1.29, 1.82) is 0 Å². The van der Waals surface area contributed by atoms with Crippen molar-refractivity contribution in [2.24, 2.45) is 0 Å². The van der Waals surface area contributed by atoms with Crippen LogP contribution in [0.1, 0.15) is 16.7 Å². The maximum absolute atomic E-state index is 13.0. The summed E-state index contributed by atoms with van der Waals surface area (Å²) in [5.41, 5.74) is 5.88. The number of benzene rings is 3. The van der Waals surface area contributed by atoms with E-state index in [-0.39, 0.29) is 24.4 Å². The van der Waals surface area contributed by atoms with Gasteiger partial charge in [-0.3, -0.25) is 14.4 Å². The number of rotatable bonds is 10. The van der Waals surface area contributed by atoms with Crippen LogP contribution in [0.15, 0.2) is 79.3 Å². The second-order valence-electron chi connectivity index (χ2n) is 11.7. The van der Waals surface area contributed by atoms with Crippen molar-refractivity contribution in [2.45, 2.75) is 32.1 Å². The number of carbonyl (C=O) groups excluding carboxylic acids is 1. The molecular formula is C35H36N6O4. The molecule has 2 aromatic heterocycles. The Balaban J connectivity index is 1.06. The standard InChI is InChI=1S/C35H36N6O4/c1-23-5-3-6-24(13-23)19-41-31-9-8-27(14-26(31)18-38-41)39-35-29-16-25(32(43-2)17-30(29)36-22-37-35)15-28(42)7-4-10-40-20-33-34(21-40)45-12-11-44-33/h3-9,13-14,16-18,22,33-34H,10-12,15,19-21H2,1-2H3,(H,36,37,39)/b7-4+. The first-order valence-electron chi connectivity index (χ1n) is 15.3. The Labute approximate surface area is 261 Å². The van der Waals surface area contributed by atoms with Gasteiger partial charge in [0.15, 0.2) is 5.78 Å². The number of hydrogen-bond acceptors (Lipinski definition) is 9. The van der Waals surface area contributed by atoms with E-state index in [1.54, 1.807) is 13.2 Å². The van der Waals surface area contributed by atoms with Gasteiger partial charge in [-0.2, -0.15) is 5.10 Å². The Kier molecular flexibility index (Phi) is 8.25. The van der Waals surface area contributed by atoms with Crippen molar-refractivity contribution in [3.05, 3.63) is 96.0 Å². The Morgan fingerprint density at radius 1 is 1.07 bits per heavy atom. The van der Waals surface area contributed by atoms with E-state index in [1.165, 1.54) is 17.5 Å². The molecule has 0 aliphatic carbocycles. The fraction of sp³-hybridized carbons (Fsp3) is 0.314. The zero-order chi connectivity index (χ0) is 30.8. The monoisotopic (exact) mass is 604 g/mol. The topological polar surface area (TPSA) is 104 Å². The van der Waals surface area contributed by atoms with Gasteiger partial charge in [-0.15, -0.1) is 0 Å². The van der Waals surface area contributed by atoms with Crippen molar-refractivity contribution in [1.82, 2.24) is 24.6 Å². The van der Waals surface area contributed by atoms with Crippen LogP contribution in [-0.4, -0.2) is 82.6 Å². The molecule has 2 fully saturated rings. The van der Waals surface area contributed by atoms with E-state index in [0.29, 0.717) is 37.9 Å². The summed E-state index contributed by atoms with van der Waals surface area (Å²) < 4.78 is 19.3. The normalized spacial score (nSPS) is 18.5. The highest BCUT2D eigenvalue weighted by Gasteiger charge is 2.35. The number of carbonyl (C=O) groups is 1. The number of ketones is 1. The highest BCUT2D eigenvalue weighted by Crippen LogP contribution is 2.31. The molecule has 10 nitrogen and oxygen atoms in total. The van der Waals surface area contributed by atoms with Crippen LogP contribution in [0.4, 0.5) is 11.5 Å². The summed E-state index contributed by atoms with van der Waals surface area (Å²) in [5.74, 6) is 1.27. The molecule has 45 heavy (non-hydrogen) atoms. The maximum Gasteiger partial charge on any atom is 0.159 e.